The summed E-state index contributed by atoms with van der Waals surface area (Å²) in [4.78, 5) is 20.6. The second-order valence-electron chi connectivity index (χ2n) is 4.13. The summed E-state index contributed by atoms with van der Waals surface area (Å²) in [6, 6.07) is 7.58. The zero-order chi connectivity index (χ0) is 12.5. The van der Waals surface area contributed by atoms with E-state index in [4.69, 9.17) is 0 Å². The number of para-hydroxylation sites is 2. The summed E-state index contributed by atoms with van der Waals surface area (Å²) in [6.07, 6.45) is 5.35. The van der Waals surface area contributed by atoms with Crippen molar-refractivity contribution in [2.45, 2.75) is 6.42 Å². The minimum Gasteiger partial charge on any atom is -0.338 e. The molecule has 18 heavy (non-hydrogen) atoms. The molecule has 0 bridgehead atoms. The second kappa shape index (κ2) is 4.10. The van der Waals surface area contributed by atoms with Crippen molar-refractivity contribution in [2.24, 2.45) is 7.05 Å². The molecule has 5 heteroatoms. The molecule has 0 saturated carbocycles. The number of carbonyl (C=O) groups is 1. The maximum atomic E-state index is 12.2. The van der Waals surface area contributed by atoms with Crippen LogP contribution in [0.5, 0.6) is 0 Å². The first-order chi connectivity index (χ1) is 8.75. The Labute approximate surface area is 104 Å². The molecule has 1 aromatic carbocycles. The fourth-order valence-electron chi connectivity index (χ4n) is 1.95. The van der Waals surface area contributed by atoms with Crippen molar-refractivity contribution in [3.05, 3.63) is 48.8 Å². The first-order valence-electron chi connectivity index (χ1n) is 5.67. The van der Waals surface area contributed by atoms with E-state index < -0.39 is 0 Å². The van der Waals surface area contributed by atoms with Gasteiger partial charge in [-0.3, -0.25) is 9.36 Å². The van der Waals surface area contributed by atoms with Crippen LogP contribution in [0.15, 0.2) is 43.0 Å². The van der Waals surface area contributed by atoms with E-state index in [1.54, 1.807) is 17.1 Å². The molecule has 3 aromatic rings. The van der Waals surface area contributed by atoms with Crippen LogP contribution in [0, 0.1) is 0 Å². The number of carbonyl (C=O) groups excluding carboxylic acids is 1. The molecule has 0 N–H and O–H groups in total. The lowest BCUT2D eigenvalue weighted by Crippen LogP contribution is -2.14. The van der Waals surface area contributed by atoms with E-state index in [2.05, 4.69) is 9.97 Å². The zero-order valence-corrected chi connectivity index (χ0v) is 9.95. The van der Waals surface area contributed by atoms with E-state index in [1.165, 1.54) is 0 Å². The van der Waals surface area contributed by atoms with E-state index in [1.807, 2.05) is 42.1 Å². The van der Waals surface area contributed by atoms with Crippen molar-refractivity contribution in [3.63, 3.8) is 0 Å². The Morgan fingerprint density at radius 1 is 1.28 bits per heavy atom. The summed E-state index contributed by atoms with van der Waals surface area (Å²) in [5.74, 6) is 0.718. The minimum atomic E-state index is -0.0296. The number of hydrogen-bond donors (Lipinski definition) is 0. The first-order valence-corrected chi connectivity index (χ1v) is 5.67. The molecule has 0 amide bonds. The molecule has 2 aromatic heterocycles. The highest BCUT2D eigenvalue weighted by atomic mass is 16.2. The first kappa shape index (κ1) is 10.7. The summed E-state index contributed by atoms with van der Waals surface area (Å²) >= 11 is 0. The molecule has 2 heterocycles. The third-order valence-corrected chi connectivity index (χ3v) is 2.95. The average Bonchev–Trinajstić information content (AvgIpc) is 2.96. The number of imidazole rings is 2. The van der Waals surface area contributed by atoms with Crippen LogP contribution in [0.25, 0.3) is 11.0 Å². The summed E-state index contributed by atoms with van der Waals surface area (Å²) < 4.78 is 3.42. The van der Waals surface area contributed by atoms with Crippen molar-refractivity contribution in [1.29, 1.82) is 0 Å². The van der Waals surface area contributed by atoms with Crippen molar-refractivity contribution >= 4 is 16.9 Å². The lowest BCUT2D eigenvalue weighted by atomic mass is 10.3. The Morgan fingerprint density at radius 2 is 2.11 bits per heavy atom. The van der Waals surface area contributed by atoms with Crippen LogP contribution >= 0.6 is 0 Å². The van der Waals surface area contributed by atoms with E-state index >= 15 is 0 Å². The van der Waals surface area contributed by atoms with E-state index in [-0.39, 0.29) is 12.3 Å². The monoisotopic (exact) mass is 240 g/mol. The lowest BCUT2D eigenvalue weighted by molar-refractivity contribution is 0.0915. The smallest absolute Gasteiger partial charge is 0.239 e. The number of hydrogen-bond acceptors (Lipinski definition) is 3. The van der Waals surface area contributed by atoms with Crippen LogP contribution in [0.1, 0.15) is 10.6 Å². The van der Waals surface area contributed by atoms with Gasteiger partial charge in [-0.1, -0.05) is 12.1 Å². The van der Waals surface area contributed by atoms with Crippen molar-refractivity contribution in [2.75, 3.05) is 0 Å². The Balaban J connectivity index is 1.95. The number of aryl methyl sites for hydroxylation is 1. The maximum absolute atomic E-state index is 12.2. The third-order valence-electron chi connectivity index (χ3n) is 2.95. The molecular weight excluding hydrogens is 228 g/mol. The molecule has 90 valence electrons. The molecule has 0 fully saturated rings. The van der Waals surface area contributed by atoms with Gasteiger partial charge in [0.15, 0.2) is 0 Å². The number of nitrogens with zero attached hydrogens (tertiary/aromatic N) is 4. The quantitative estimate of drug-likeness (QED) is 0.684. The Kier molecular flexibility index (Phi) is 2.44. The fourth-order valence-corrected chi connectivity index (χ4v) is 1.95. The van der Waals surface area contributed by atoms with Crippen LogP contribution in [-0.4, -0.2) is 25.0 Å². The Bertz CT molecular complexity index is 710. The van der Waals surface area contributed by atoms with Gasteiger partial charge >= 0.3 is 0 Å². The predicted molar refractivity (Wildman–Crippen MR) is 67.3 cm³/mol. The molecule has 0 spiro atoms. The van der Waals surface area contributed by atoms with Crippen molar-refractivity contribution in [1.82, 2.24) is 19.1 Å². The third kappa shape index (κ3) is 1.69. The van der Waals surface area contributed by atoms with Crippen LogP contribution in [0.2, 0.25) is 0 Å². The zero-order valence-electron chi connectivity index (χ0n) is 9.95. The molecule has 0 aliphatic carbocycles. The van der Waals surface area contributed by atoms with Crippen LogP contribution < -0.4 is 0 Å². The van der Waals surface area contributed by atoms with E-state index in [0.717, 1.165) is 16.9 Å². The largest absolute Gasteiger partial charge is 0.338 e. The van der Waals surface area contributed by atoms with Gasteiger partial charge in [0.25, 0.3) is 0 Å². The standard InChI is InChI=1S/C13H12N4O/c1-16-7-6-14-12(16)8-13(18)17-9-15-10-4-2-3-5-11(10)17/h2-7,9H,8H2,1H3. The molecule has 0 saturated heterocycles. The fraction of sp³-hybridized carbons (Fsp3) is 0.154. The van der Waals surface area contributed by atoms with Gasteiger partial charge < -0.3 is 4.57 Å². The van der Waals surface area contributed by atoms with Crippen LogP contribution in [-0.2, 0) is 13.5 Å². The molecule has 0 unspecified atom stereocenters. The van der Waals surface area contributed by atoms with Gasteiger partial charge in [0.2, 0.25) is 5.91 Å². The maximum Gasteiger partial charge on any atom is 0.239 e. The Morgan fingerprint density at radius 3 is 2.89 bits per heavy atom. The van der Waals surface area contributed by atoms with Gasteiger partial charge in [0, 0.05) is 19.4 Å². The summed E-state index contributed by atoms with van der Waals surface area (Å²) in [7, 11) is 1.88. The highest BCUT2D eigenvalue weighted by molar-refractivity contribution is 5.90. The molecule has 0 radical (unpaired) electrons. The van der Waals surface area contributed by atoms with E-state index in [9.17, 15) is 4.79 Å². The molecule has 3 rings (SSSR count). The van der Waals surface area contributed by atoms with Gasteiger partial charge in [-0.15, -0.1) is 0 Å². The number of aromatic nitrogens is 4. The average molecular weight is 240 g/mol. The van der Waals surface area contributed by atoms with Gasteiger partial charge in [-0.05, 0) is 12.1 Å². The number of benzene rings is 1. The topological polar surface area (TPSA) is 52.7 Å². The number of fused-ring (bicyclic) bond motifs is 1. The van der Waals surface area contributed by atoms with Crippen LogP contribution in [0.3, 0.4) is 0 Å². The van der Waals surface area contributed by atoms with Crippen molar-refractivity contribution in [3.8, 4) is 0 Å². The summed E-state index contributed by atoms with van der Waals surface area (Å²) in [5, 5.41) is 0. The molecule has 5 nitrogen and oxygen atoms in total. The second-order valence-corrected chi connectivity index (χ2v) is 4.13. The lowest BCUT2D eigenvalue weighted by Gasteiger charge is -2.03. The summed E-state index contributed by atoms with van der Waals surface area (Å²) in [6.45, 7) is 0. The van der Waals surface area contributed by atoms with Gasteiger partial charge in [0.05, 0.1) is 17.5 Å². The highest BCUT2D eigenvalue weighted by Crippen LogP contribution is 2.12. The number of rotatable bonds is 2. The predicted octanol–water partition coefficient (Wildman–Crippen LogP) is 1.65. The van der Waals surface area contributed by atoms with Gasteiger partial charge in [0.1, 0.15) is 12.2 Å². The van der Waals surface area contributed by atoms with Gasteiger partial charge in [-0.2, -0.15) is 0 Å². The molecule has 0 aliphatic rings. The molecule has 0 atom stereocenters. The normalized spacial score (nSPS) is 10.9. The highest BCUT2D eigenvalue weighted by Gasteiger charge is 2.12. The molecule has 0 aliphatic heterocycles. The summed E-state index contributed by atoms with van der Waals surface area (Å²) in [5.41, 5.74) is 1.65. The van der Waals surface area contributed by atoms with Crippen molar-refractivity contribution < 1.29 is 4.79 Å². The molecular formula is C13H12N4O. The van der Waals surface area contributed by atoms with Gasteiger partial charge in [-0.25, -0.2) is 9.97 Å². The SMILES string of the molecule is Cn1ccnc1CC(=O)n1cnc2ccccc21. The minimum absolute atomic E-state index is 0.0296. The van der Waals surface area contributed by atoms with E-state index in [0.29, 0.717) is 0 Å². The van der Waals surface area contributed by atoms with Crippen LogP contribution in [0.4, 0.5) is 0 Å². The Hall–Kier alpha value is -2.43.